The van der Waals surface area contributed by atoms with Gasteiger partial charge in [0.1, 0.15) is 11.5 Å². The number of aryl methyl sites for hydroxylation is 1. The smallest absolute Gasteiger partial charge is 0.337 e. The maximum Gasteiger partial charge on any atom is 0.337 e. The van der Waals surface area contributed by atoms with E-state index in [0.29, 0.717) is 36.0 Å². The number of hydrogen-bond donors (Lipinski definition) is 1. The van der Waals surface area contributed by atoms with Gasteiger partial charge in [-0.25, -0.2) is 4.79 Å². The Labute approximate surface area is 166 Å². The molecule has 150 valence electrons. The summed E-state index contributed by atoms with van der Waals surface area (Å²) in [6, 6.07) is 9.09. The second kappa shape index (κ2) is 9.58. The standard InChI is InChI=1S/C23H29NO4/c1-3-14-28-22-15-17(27-2)9-10-18(22)20-13-11-19(23(25)26)21(24-20)12-8-16-6-4-5-7-16/h9-11,13,15-16H,3-8,12,14H2,1-2H3,(H,25,26). The third-order valence-corrected chi connectivity index (χ3v) is 5.40. The van der Waals surface area contributed by atoms with E-state index >= 15 is 0 Å². The highest BCUT2D eigenvalue weighted by atomic mass is 16.5. The Kier molecular flexibility index (Phi) is 6.90. The molecule has 0 spiro atoms. The number of carbonyl (C=O) groups is 1. The maximum atomic E-state index is 11.7. The van der Waals surface area contributed by atoms with E-state index < -0.39 is 5.97 Å². The Bertz CT molecular complexity index is 812. The second-order valence-electron chi connectivity index (χ2n) is 7.40. The van der Waals surface area contributed by atoms with Crippen molar-refractivity contribution in [2.24, 2.45) is 5.92 Å². The number of nitrogens with zero attached hydrogens (tertiary/aromatic N) is 1. The van der Waals surface area contributed by atoms with E-state index in [1.54, 1.807) is 19.2 Å². The van der Waals surface area contributed by atoms with Crippen LogP contribution in [-0.4, -0.2) is 29.8 Å². The molecule has 1 N–H and O–H groups in total. The highest BCUT2D eigenvalue weighted by Gasteiger charge is 2.19. The van der Waals surface area contributed by atoms with Crippen molar-refractivity contribution in [1.29, 1.82) is 0 Å². The van der Waals surface area contributed by atoms with Crippen molar-refractivity contribution in [2.45, 2.75) is 51.9 Å². The van der Waals surface area contributed by atoms with Crippen LogP contribution in [0.1, 0.15) is 61.5 Å². The molecule has 1 fully saturated rings. The van der Waals surface area contributed by atoms with Gasteiger partial charge in [-0.15, -0.1) is 0 Å². The van der Waals surface area contributed by atoms with Crippen molar-refractivity contribution in [1.82, 2.24) is 4.98 Å². The second-order valence-corrected chi connectivity index (χ2v) is 7.40. The summed E-state index contributed by atoms with van der Waals surface area (Å²) in [5.41, 5.74) is 2.55. The van der Waals surface area contributed by atoms with E-state index in [4.69, 9.17) is 14.5 Å². The minimum Gasteiger partial charge on any atom is -0.497 e. The van der Waals surface area contributed by atoms with Gasteiger partial charge in [0.25, 0.3) is 0 Å². The third-order valence-electron chi connectivity index (χ3n) is 5.40. The van der Waals surface area contributed by atoms with E-state index in [2.05, 4.69) is 6.92 Å². The lowest BCUT2D eigenvalue weighted by Gasteiger charge is -2.15. The lowest BCUT2D eigenvalue weighted by atomic mass is 9.98. The zero-order valence-corrected chi connectivity index (χ0v) is 16.7. The highest BCUT2D eigenvalue weighted by molar-refractivity contribution is 5.89. The van der Waals surface area contributed by atoms with Gasteiger partial charge in [0.2, 0.25) is 0 Å². The quantitative estimate of drug-likeness (QED) is 0.631. The molecule has 1 aromatic heterocycles. The summed E-state index contributed by atoms with van der Waals surface area (Å²) in [5, 5.41) is 9.58. The van der Waals surface area contributed by atoms with Gasteiger partial charge in [0.15, 0.2) is 0 Å². The first-order valence-corrected chi connectivity index (χ1v) is 10.2. The van der Waals surface area contributed by atoms with Crippen LogP contribution < -0.4 is 9.47 Å². The summed E-state index contributed by atoms with van der Waals surface area (Å²) in [6.07, 6.45) is 7.65. The lowest BCUT2D eigenvalue weighted by Crippen LogP contribution is -2.08. The van der Waals surface area contributed by atoms with Crippen LogP contribution in [0.5, 0.6) is 11.5 Å². The molecule has 0 bridgehead atoms. The number of methoxy groups -OCH3 is 1. The maximum absolute atomic E-state index is 11.7. The number of pyridine rings is 1. The lowest BCUT2D eigenvalue weighted by molar-refractivity contribution is 0.0695. The fourth-order valence-electron chi connectivity index (χ4n) is 3.85. The Morgan fingerprint density at radius 2 is 2.00 bits per heavy atom. The Morgan fingerprint density at radius 3 is 2.68 bits per heavy atom. The molecule has 1 saturated carbocycles. The third kappa shape index (κ3) is 4.83. The van der Waals surface area contributed by atoms with Crippen LogP contribution >= 0.6 is 0 Å². The van der Waals surface area contributed by atoms with E-state index in [1.807, 2.05) is 18.2 Å². The molecule has 5 heteroatoms. The molecule has 0 amide bonds. The molecule has 3 rings (SSSR count). The number of carboxylic acid groups (broad SMARTS) is 1. The number of aromatic nitrogens is 1. The molecule has 5 nitrogen and oxygen atoms in total. The molecule has 1 aromatic carbocycles. The number of aromatic carboxylic acids is 1. The largest absolute Gasteiger partial charge is 0.497 e. The summed E-state index contributed by atoms with van der Waals surface area (Å²) in [6.45, 7) is 2.66. The number of carboxylic acids is 1. The Hall–Kier alpha value is -2.56. The van der Waals surface area contributed by atoms with Crippen LogP contribution in [0.4, 0.5) is 0 Å². The minimum absolute atomic E-state index is 0.297. The van der Waals surface area contributed by atoms with Crippen molar-refractivity contribution >= 4 is 5.97 Å². The van der Waals surface area contributed by atoms with Gasteiger partial charge in [-0.1, -0.05) is 32.6 Å². The first-order chi connectivity index (χ1) is 13.6. The monoisotopic (exact) mass is 383 g/mol. The van der Waals surface area contributed by atoms with Crippen molar-refractivity contribution in [3.8, 4) is 22.8 Å². The fraction of sp³-hybridized carbons (Fsp3) is 0.478. The molecule has 0 saturated heterocycles. The Balaban J connectivity index is 1.92. The normalized spacial score (nSPS) is 14.2. The molecule has 2 aromatic rings. The first-order valence-electron chi connectivity index (χ1n) is 10.2. The molecule has 0 atom stereocenters. The van der Waals surface area contributed by atoms with E-state index in [1.165, 1.54) is 25.7 Å². The van der Waals surface area contributed by atoms with Crippen molar-refractivity contribution in [3.05, 3.63) is 41.6 Å². The first kappa shape index (κ1) is 20.2. The van der Waals surface area contributed by atoms with Crippen LogP contribution in [-0.2, 0) is 6.42 Å². The highest BCUT2D eigenvalue weighted by Crippen LogP contribution is 2.34. The molecule has 1 aliphatic carbocycles. The van der Waals surface area contributed by atoms with Crippen LogP contribution in [0, 0.1) is 5.92 Å². The summed E-state index contributed by atoms with van der Waals surface area (Å²) in [5.74, 6) is 1.20. The van der Waals surface area contributed by atoms with E-state index in [9.17, 15) is 9.90 Å². The van der Waals surface area contributed by atoms with Crippen molar-refractivity contribution in [2.75, 3.05) is 13.7 Å². The minimum atomic E-state index is -0.919. The molecule has 28 heavy (non-hydrogen) atoms. The van der Waals surface area contributed by atoms with Gasteiger partial charge in [-0.3, -0.25) is 4.98 Å². The van der Waals surface area contributed by atoms with Crippen LogP contribution in [0.15, 0.2) is 30.3 Å². The van der Waals surface area contributed by atoms with Crippen LogP contribution in [0.3, 0.4) is 0 Å². The van der Waals surface area contributed by atoms with Crippen LogP contribution in [0.2, 0.25) is 0 Å². The summed E-state index contributed by atoms with van der Waals surface area (Å²) in [4.78, 5) is 16.4. The molecule has 0 unspecified atom stereocenters. The SMILES string of the molecule is CCCOc1cc(OC)ccc1-c1ccc(C(=O)O)c(CCC2CCCC2)n1. The van der Waals surface area contributed by atoms with Gasteiger partial charge in [0.05, 0.1) is 30.7 Å². The molecule has 1 aliphatic rings. The molecular weight excluding hydrogens is 354 g/mol. The number of ether oxygens (including phenoxy) is 2. The van der Waals surface area contributed by atoms with Gasteiger partial charge < -0.3 is 14.6 Å². The zero-order chi connectivity index (χ0) is 19.9. The molecule has 0 radical (unpaired) electrons. The topological polar surface area (TPSA) is 68.7 Å². The summed E-state index contributed by atoms with van der Waals surface area (Å²) < 4.78 is 11.2. The fourth-order valence-corrected chi connectivity index (χ4v) is 3.85. The average molecular weight is 383 g/mol. The predicted molar refractivity (Wildman–Crippen MR) is 109 cm³/mol. The van der Waals surface area contributed by atoms with Gasteiger partial charge >= 0.3 is 5.97 Å². The van der Waals surface area contributed by atoms with Gasteiger partial charge in [-0.05, 0) is 49.4 Å². The predicted octanol–water partition coefficient (Wildman–Crippen LogP) is 5.37. The van der Waals surface area contributed by atoms with Crippen molar-refractivity contribution in [3.63, 3.8) is 0 Å². The zero-order valence-electron chi connectivity index (χ0n) is 16.7. The van der Waals surface area contributed by atoms with E-state index in [0.717, 1.165) is 29.8 Å². The molecule has 1 heterocycles. The van der Waals surface area contributed by atoms with E-state index in [-0.39, 0.29) is 0 Å². The van der Waals surface area contributed by atoms with Crippen molar-refractivity contribution < 1.29 is 19.4 Å². The molecular formula is C23H29NO4. The van der Waals surface area contributed by atoms with Crippen LogP contribution in [0.25, 0.3) is 11.3 Å². The average Bonchev–Trinajstić information content (AvgIpc) is 3.23. The van der Waals surface area contributed by atoms with Gasteiger partial charge in [0, 0.05) is 11.6 Å². The summed E-state index contributed by atoms with van der Waals surface area (Å²) >= 11 is 0. The number of rotatable bonds is 9. The Morgan fingerprint density at radius 1 is 1.21 bits per heavy atom. The number of hydrogen-bond acceptors (Lipinski definition) is 4. The van der Waals surface area contributed by atoms with Gasteiger partial charge in [-0.2, -0.15) is 0 Å². The summed E-state index contributed by atoms with van der Waals surface area (Å²) in [7, 11) is 1.62. The molecule has 0 aliphatic heterocycles. The number of benzene rings is 1.